The van der Waals surface area contributed by atoms with Crippen LogP contribution in [-0.2, 0) is 9.09 Å². The van der Waals surface area contributed by atoms with Crippen molar-refractivity contribution in [3.63, 3.8) is 0 Å². The van der Waals surface area contributed by atoms with Crippen molar-refractivity contribution in [1.82, 2.24) is 0 Å². The van der Waals surface area contributed by atoms with Crippen molar-refractivity contribution in [3.8, 4) is 0 Å². The van der Waals surface area contributed by atoms with Gasteiger partial charge in [-0.2, -0.15) is 0 Å². The smallest absolute Gasteiger partial charge is 0.790 e. The van der Waals surface area contributed by atoms with Gasteiger partial charge in [0.2, 0.25) is 0 Å². The molecule has 0 amide bonds. The number of phosphoric acid groups is 1. The van der Waals surface area contributed by atoms with Crippen molar-refractivity contribution < 1.29 is 78.0 Å². The number of phosphoric ester groups is 1. The van der Waals surface area contributed by atoms with Crippen molar-refractivity contribution >= 4 is 7.82 Å². The normalized spacial score (nSPS) is 11.1. The van der Waals surface area contributed by atoms with E-state index in [9.17, 15) is 14.4 Å². The average Bonchev–Trinajstić information content (AvgIpc) is 2.62. The third kappa shape index (κ3) is 34.9. The molecule has 29 heavy (non-hydrogen) atoms. The molecule has 0 aromatic carbocycles. The molecule has 0 radical (unpaired) electrons. The fraction of sp³-hybridized carbons (Fsp3) is 1.00. The van der Waals surface area contributed by atoms with E-state index in [-0.39, 0.29) is 65.7 Å². The summed E-state index contributed by atoms with van der Waals surface area (Å²) in [5.74, 6) is 0. The molecule has 4 nitrogen and oxygen atoms in total. The van der Waals surface area contributed by atoms with Crippen molar-refractivity contribution in [2.45, 2.75) is 135 Å². The van der Waals surface area contributed by atoms with Gasteiger partial charge in [0, 0.05) is 0 Å². The van der Waals surface area contributed by atoms with Crippen molar-refractivity contribution in [1.29, 1.82) is 0 Å². The van der Waals surface area contributed by atoms with Gasteiger partial charge < -0.3 is 18.9 Å². The molecular formula is C22H45Na2O4P. The first-order valence-corrected chi connectivity index (χ1v) is 13.2. The molecule has 0 aromatic heterocycles. The second kappa shape index (κ2) is 28.1. The zero-order valence-electron chi connectivity index (χ0n) is 19.9. The molecule has 0 spiro atoms. The average molecular weight is 451 g/mol. The van der Waals surface area contributed by atoms with E-state index >= 15 is 0 Å². The minimum Gasteiger partial charge on any atom is -0.790 e. The van der Waals surface area contributed by atoms with Crippen LogP contribution in [0.4, 0.5) is 0 Å². The van der Waals surface area contributed by atoms with E-state index in [0.29, 0.717) is 6.42 Å². The van der Waals surface area contributed by atoms with Crippen LogP contribution in [0.3, 0.4) is 0 Å². The van der Waals surface area contributed by atoms with Gasteiger partial charge in [0.15, 0.2) is 0 Å². The summed E-state index contributed by atoms with van der Waals surface area (Å²) >= 11 is 0. The molecule has 0 aromatic rings. The summed E-state index contributed by atoms with van der Waals surface area (Å²) in [5, 5.41) is 0. The molecule has 0 saturated carbocycles. The molecule has 0 bridgehead atoms. The van der Waals surface area contributed by atoms with E-state index in [0.717, 1.165) is 12.8 Å². The maximum Gasteiger partial charge on any atom is 1.00 e. The van der Waals surface area contributed by atoms with Crippen LogP contribution in [0, 0.1) is 0 Å². The fourth-order valence-corrected chi connectivity index (χ4v) is 3.89. The van der Waals surface area contributed by atoms with E-state index in [1.165, 1.54) is 109 Å². The molecule has 0 N–H and O–H groups in total. The van der Waals surface area contributed by atoms with Gasteiger partial charge in [0.25, 0.3) is 0 Å². The first-order chi connectivity index (χ1) is 13.1. The van der Waals surface area contributed by atoms with Crippen LogP contribution < -0.4 is 68.9 Å². The summed E-state index contributed by atoms with van der Waals surface area (Å²) in [6.07, 6.45) is 26.2. The Bertz CT molecular complexity index is 341. The van der Waals surface area contributed by atoms with Gasteiger partial charge in [-0.1, -0.05) is 129 Å². The Morgan fingerprint density at radius 2 is 0.759 bits per heavy atom. The van der Waals surface area contributed by atoms with Gasteiger partial charge in [0.05, 0.1) is 14.4 Å². The molecule has 0 aliphatic rings. The van der Waals surface area contributed by atoms with Crippen molar-refractivity contribution in [2.75, 3.05) is 6.61 Å². The number of hydrogen-bond donors (Lipinski definition) is 0. The molecule has 0 heterocycles. The van der Waals surface area contributed by atoms with E-state index in [1.54, 1.807) is 0 Å². The first-order valence-electron chi connectivity index (χ1n) is 11.7. The quantitative estimate of drug-likeness (QED) is 0.138. The Balaban J connectivity index is -0.00000338. The third-order valence-electron chi connectivity index (χ3n) is 5.25. The molecule has 0 aliphatic carbocycles. The number of unbranched alkanes of at least 4 members (excludes halogenated alkanes) is 19. The van der Waals surface area contributed by atoms with Crippen LogP contribution in [0.5, 0.6) is 0 Å². The van der Waals surface area contributed by atoms with Gasteiger partial charge in [-0.05, 0) is 6.42 Å². The van der Waals surface area contributed by atoms with Crippen LogP contribution in [0.2, 0.25) is 0 Å². The van der Waals surface area contributed by atoms with Crippen LogP contribution in [-0.4, -0.2) is 6.61 Å². The molecule has 0 aliphatic heterocycles. The zero-order chi connectivity index (χ0) is 20.1. The second-order valence-electron chi connectivity index (χ2n) is 8.00. The monoisotopic (exact) mass is 450 g/mol. The fourth-order valence-electron chi connectivity index (χ4n) is 3.53. The molecule has 0 saturated heterocycles. The second-order valence-corrected chi connectivity index (χ2v) is 9.15. The minimum atomic E-state index is -4.76. The van der Waals surface area contributed by atoms with Gasteiger partial charge in [-0.25, -0.2) is 0 Å². The summed E-state index contributed by atoms with van der Waals surface area (Å²) < 4.78 is 14.5. The van der Waals surface area contributed by atoms with E-state index in [2.05, 4.69) is 11.4 Å². The van der Waals surface area contributed by atoms with Gasteiger partial charge >= 0.3 is 59.1 Å². The molecule has 0 rings (SSSR count). The van der Waals surface area contributed by atoms with Crippen LogP contribution in [0.1, 0.15) is 135 Å². The topological polar surface area (TPSA) is 72.4 Å². The Kier molecular flexibility index (Phi) is 34.6. The van der Waals surface area contributed by atoms with Gasteiger partial charge in [0.1, 0.15) is 0 Å². The Morgan fingerprint density at radius 3 is 1.00 bits per heavy atom. The summed E-state index contributed by atoms with van der Waals surface area (Å²) in [6, 6.07) is 0. The van der Waals surface area contributed by atoms with Crippen LogP contribution in [0.15, 0.2) is 0 Å². The predicted octanol–water partition coefficient (Wildman–Crippen LogP) is 0.662. The molecule has 0 fully saturated rings. The van der Waals surface area contributed by atoms with Crippen LogP contribution >= 0.6 is 7.82 Å². The van der Waals surface area contributed by atoms with Crippen LogP contribution in [0.25, 0.3) is 0 Å². The maximum absolute atomic E-state index is 10.3. The van der Waals surface area contributed by atoms with Gasteiger partial charge in [-0.3, -0.25) is 0 Å². The zero-order valence-corrected chi connectivity index (χ0v) is 24.8. The maximum atomic E-state index is 10.3. The first kappa shape index (κ1) is 35.7. The number of hydrogen-bond acceptors (Lipinski definition) is 4. The van der Waals surface area contributed by atoms with Gasteiger partial charge in [-0.15, -0.1) is 0 Å². The summed E-state index contributed by atoms with van der Waals surface area (Å²) in [6.45, 7) is 2.32. The van der Waals surface area contributed by atoms with E-state index in [4.69, 9.17) is 0 Å². The standard InChI is InChI=1S/C22H47O4P.2Na/c1-2-3-4-5-6-7-8-9-10-11-12-13-14-15-16-17-18-19-20-21-22-26-27(23,24)25;;/h2-22H2,1H3,(H2,23,24,25);;/q;2*+1/p-2. The molecule has 164 valence electrons. The van der Waals surface area contributed by atoms with E-state index in [1.807, 2.05) is 0 Å². The number of rotatable bonds is 22. The summed E-state index contributed by atoms with van der Waals surface area (Å²) in [7, 11) is -4.76. The summed E-state index contributed by atoms with van der Waals surface area (Å²) in [5.41, 5.74) is 0. The third-order valence-corrected chi connectivity index (χ3v) is 5.75. The van der Waals surface area contributed by atoms with Crippen molar-refractivity contribution in [2.24, 2.45) is 0 Å². The van der Waals surface area contributed by atoms with E-state index < -0.39 is 7.82 Å². The largest absolute Gasteiger partial charge is 1.00 e. The molecule has 0 unspecified atom stereocenters. The Hall–Kier alpha value is 2.11. The van der Waals surface area contributed by atoms with Crippen molar-refractivity contribution in [3.05, 3.63) is 0 Å². The SMILES string of the molecule is CCCCCCCCCCCCCCCCCCCCCCOP(=O)([O-])[O-].[Na+].[Na+]. The molecule has 7 heteroatoms. The predicted molar refractivity (Wildman–Crippen MR) is 112 cm³/mol. The Morgan fingerprint density at radius 1 is 0.517 bits per heavy atom. The minimum absolute atomic E-state index is 0. The Labute approximate surface area is 225 Å². The summed E-state index contributed by atoms with van der Waals surface area (Å²) in [4.78, 5) is 20.6. The molecular weight excluding hydrogens is 405 g/mol. The molecule has 0 atom stereocenters.